The smallest absolute Gasteiger partial charge is 0.303 e. The van der Waals surface area contributed by atoms with Gasteiger partial charge in [0, 0.05) is 12.5 Å². The molecule has 1 rings (SSSR count). The predicted octanol–water partition coefficient (Wildman–Crippen LogP) is 1.19. The SMILES string of the molecule is CC(CC(=O)O)C1CCCN1C. The molecule has 12 heavy (non-hydrogen) atoms. The van der Waals surface area contributed by atoms with E-state index in [1.54, 1.807) is 0 Å². The van der Waals surface area contributed by atoms with Gasteiger partial charge in [0.25, 0.3) is 0 Å². The highest BCUT2D eigenvalue weighted by molar-refractivity contribution is 5.67. The van der Waals surface area contributed by atoms with Crippen LogP contribution in [-0.4, -0.2) is 35.6 Å². The Morgan fingerprint density at radius 3 is 2.83 bits per heavy atom. The van der Waals surface area contributed by atoms with Crippen LogP contribution in [0.4, 0.5) is 0 Å². The van der Waals surface area contributed by atoms with Gasteiger partial charge in [0.05, 0.1) is 0 Å². The predicted molar refractivity (Wildman–Crippen MR) is 47.1 cm³/mol. The molecule has 0 aliphatic carbocycles. The summed E-state index contributed by atoms with van der Waals surface area (Å²) in [5, 5.41) is 8.61. The van der Waals surface area contributed by atoms with Gasteiger partial charge >= 0.3 is 5.97 Å². The fourth-order valence-corrected chi connectivity index (χ4v) is 2.07. The van der Waals surface area contributed by atoms with Crippen LogP contribution >= 0.6 is 0 Å². The van der Waals surface area contributed by atoms with Gasteiger partial charge in [-0.3, -0.25) is 4.79 Å². The number of carboxylic acids is 1. The van der Waals surface area contributed by atoms with Crippen molar-refractivity contribution < 1.29 is 9.90 Å². The van der Waals surface area contributed by atoms with Crippen LogP contribution in [0.2, 0.25) is 0 Å². The molecule has 0 spiro atoms. The average molecular weight is 171 g/mol. The molecule has 1 aliphatic rings. The van der Waals surface area contributed by atoms with Crippen molar-refractivity contribution in [3.8, 4) is 0 Å². The molecule has 0 aromatic heterocycles. The van der Waals surface area contributed by atoms with Gasteiger partial charge in [0.1, 0.15) is 0 Å². The molecule has 0 radical (unpaired) electrons. The Morgan fingerprint density at radius 2 is 2.42 bits per heavy atom. The highest BCUT2D eigenvalue weighted by atomic mass is 16.4. The lowest BCUT2D eigenvalue weighted by atomic mass is 9.96. The van der Waals surface area contributed by atoms with Crippen LogP contribution in [0.25, 0.3) is 0 Å². The fraction of sp³-hybridized carbons (Fsp3) is 0.889. The number of hydrogen-bond donors (Lipinski definition) is 1. The summed E-state index contributed by atoms with van der Waals surface area (Å²) in [5.74, 6) is -0.391. The summed E-state index contributed by atoms with van der Waals surface area (Å²) in [6.07, 6.45) is 2.67. The molecular weight excluding hydrogens is 154 g/mol. The highest BCUT2D eigenvalue weighted by Gasteiger charge is 2.27. The van der Waals surface area contributed by atoms with Crippen molar-refractivity contribution in [2.75, 3.05) is 13.6 Å². The van der Waals surface area contributed by atoms with E-state index >= 15 is 0 Å². The number of carboxylic acid groups (broad SMARTS) is 1. The van der Waals surface area contributed by atoms with E-state index in [2.05, 4.69) is 11.9 Å². The highest BCUT2D eigenvalue weighted by Crippen LogP contribution is 2.23. The Balaban J connectivity index is 2.40. The normalized spacial score (nSPS) is 27.3. The van der Waals surface area contributed by atoms with Gasteiger partial charge in [-0.15, -0.1) is 0 Å². The molecule has 1 N–H and O–H groups in total. The molecule has 1 saturated heterocycles. The van der Waals surface area contributed by atoms with Crippen molar-refractivity contribution in [2.45, 2.75) is 32.2 Å². The van der Waals surface area contributed by atoms with Crippen molar-refractivity contribution in [2.24, 2.45) is 5.92 Å². The molecule has 2 atom stereocenters. The second-order valence-corrected chi connectivity index (χ2v) is 3.77. The van der Waals surface area contributed by atoms with Crippen molar-refractivity contribution in [1.29, 1.82) is 0 Å². The summed E-state index contributed by atoms with van der Waals surface area (Å²) >= 11 is 0. The third kappa shape index (κ3) is 2.21. The van der Waals surface area contributed by atoms with Gasteiger partial charge < -0.3 is 10.0 Å². The first-order valence-electron chi connectivity index (χ1n) is 4.53. The third-order valence-electron chi connectivity index (χ3n) is 2.73. The van der Waals surface area contributed by atoms with E-state index in [1.165, 1.54) is 6.42 Å². The van der Waals surface area contributed by atoms with E-state index in [1.807, 2.05) is 6.92 Å². The molecule has 1 aliphatic heterocycles. The van der Waals surface area contributed by atoms with Crippen LogP contribution in [0.3, 0.4) is 0 Å². The van der Waals surface area contributed by atoms with Gasteiger partial charge in [-0.2, -0.15) is 0 Å². The minimum Gasteiger partial charge on any atom is -0.481 e. The van der Waals surface area contributed by atoms with Crippen LogP contribution in [0.15, 0.2) is 0 Å². The molecular formula is C9H17NO2. The van der Waals surface area contributed by atoms with Crippen molar-refractivity contribution in [3.63, 3.8) is 0 Å². The number of nitrogens with zero attached hydrogens (tertiary/aromatic N) is 1. The Kier molecular flexibility index (Phi) is 3.09. The maximum Gasteiger partial charge on any atom is 0.303 e. The number of carbonyl (C=O) groups is 1. The summed E-state index contributed by atoms with van der Waals surface area (Å²) in [5.41, 5.74) is 0. The largest absolute Gasteiger partial charge is 0.481 e. The first kappa shape index (κ1) is 9.52. The van der Waals surface area contributed by atoms with Crippen molar-refractivity contribution in [1.82, 2.24) is 4.90 Å². The zero-order valence-electron chi connectivity index (χ0n) is 7.79. The molecule has 70 valence electrons. The van der Waals surface area contributed by atoms with Crippen molar-refractivity contribution in [3.05, 3.63) is 0 Å². The third-order valence-corrected chi connectivity index (χ3v) is 2.73. The topological polar surface area (TPSA) is 40.5 Å². The van der Waals surface area contributed by atoms with Gasteiger partial charge in [-0.25, -0.2) is 0 Å². The van der Waals surface area contributed by atoms with Gasteiger partial charge in [-0.1, -0.05) is 6.92 Å². The van der Waals surface area contributed by atoms with Gasteiger partial charge in [0.2, 0.25) is 0 Å². The van der Waals surface area contributed by atoms with E-state index in [-0.39, 0.29) is 5.92 Å². The number of aliphatic carboxylic acids is 1. The fourth-order valence-electron chi connectivity index (χ4n) is 2.07. The minimum atomic E-state index is -0.678. The first-order chi connectivity index (χ1) is 5.61. The summed E-state index contributed by atoms with van der Waals surface area (Å²) in [7, 11) is 2.08. The molecule has 3 nitrogen and oxygen atoms in total. The minimum absolute atomic E-state index is 0.287. The molecule has 0 amide bonds. The van der Waals surface area contributed by atoms with E-state index in [0.29, 0.717) is 12.5 Å². The zero-order chi connectivity index (χ0) is 9.14. The van der Waals surface area contributed by atoms with E-state index in [9.17, 15) is 4.79 Å². The van der Waals surface area contributed by atoms with E-state index in [0.717, 1.165) is 13.0 Å². The van der Waals surface area contributed by atoms with Crippen LogP contribution in [0.1, 0.15) is 26.2 Å². The number of rotatable bonds is 3. The lowest BCUT2D eigenvalue weighted by Crippen LogP contribution is -2.32. The van der Waals surface area contributed by atoms with Crippen LogP contribution in [0.5, 0.6) is 0 Å². The number of likely N-dealkylation sites (tertiary alicyclic amines) is 1. The van der Waals surface area contributed by atoms with Crippen LogP contribution in [0, 0.1) is 5.92 Å². The molecule has 0 aromatic carbocycles. The van der Waals surface area contributed by atoms with Crippen LogP contribution < -0.4 is 0 Å². The molecule has 1 fully saturated rings. The second kappa shape index (κ2) is 3.90. The monoisotopic (exact) mass is 171 g/mol. The van der Waals surface area contributed by atoms with Crippen LogP contribution in [-0.2, 0) is 4.79 Å². The maximum absolute atomic E-state index is 10.5. The van der Waals surface area contributed by atoms with E-state index < -0.39 is 5.97 Å². The molecule has 2 unspecified atom stereocenters. The standard InChI is InChI=1S/C9H17NO2/c1-7(6-9(11)12)8-4-3-5-10(8)2/h7-8H,3-6H2,1-2H3,(H,11,12). The molecule has 0 aromatic rings. The summed E-state index contributed by atoms with van der Waals surface area (Å²) in [4.78, 5) is 12.7. The maximum atomic E-state index is 10.5. The second-order valence-electron chi connectivity index (χ2n) is 3.77. The molecule has 3 heteroatoms. The molecule has 0 saturated carbocycles. The Hall–Kier alpha value is -0.570. The summed E-state index contributed by atoms with van der Waals surface area (Å²) in [6.45, 7) is 3.15. The van der Waals surface area contributed by atoms with Gasteiger partial charge in [0.15, 0.2) is 0 Å². The lowest BCUT2D eigenvalue weighted by molar-refractivity contribution is -0.138. The first-order valence-corrected chi connectivity index (χ1v) is 4.53. The van der Waals surface area contributed by atoms with Crippen molar-refractivity contribution >= 4 is 5.97 Å². The molecule has 1 heterocycles. The number of hydrogen-bond acceptors (Lipinski definition) is 2. The summed E-state index contributed by atoms with van der Waals surface area (Å²) < 4.78 is 0. The Bertz CT molecular complexity index is 170. The van der Waals surface area contributed by atoms with Gasteiger partial charge in [-0.05, 0) is 32.4 Å². The molecule has 0 bridgehead atoms. The zero-order valence-corrected chi connectivity index (χ0v) is 7.79. The lowest BCUT2D eigenvalue weighted by Gasteiger charge is -2.24. The summed E-state index contributed by atoms with van der Waals surface area (Å²) in [6, 6.07) is 0.487. The average Bonchev–Trinajstić information content (AvgIpc) is 2.33. The van der Waals surface area contributed by atoms with E-state index in [4.69, 9.17) is 5.11 Å². The Morgan fingerprint density at radius 1 is 1.75 bits per heavy atom. The quantitative estimate of drug-likeness (QED) is 0.693. The Labute approximate surface area is 73.4 Å².